The molecule has 1 aliphatic carbocycles. The maximum absolute atomic E-state index is 12.1. The van der Waals surface area contributed by atoms with Crippen molar-refractivity contribution < 1.29 is 22.7 Å². The molecule has 0 heterocycles. The number of rotatable bonds is 8. The number of nitrogens with one attached hydrogen (secondary N) is 2. The first-order valence-corrected chi connectivity index (χ1v) is 9.32. The molecule has 0 aliphatic heterocycles. The van der Waals surface area contributed by atoms with Crippen LogP contribution in [0.3, 0.4) is 0 Å². The molecule has 0 aromatic heterocycles. The van der Waals surface area contributed by atoms with Gasteiger partial charge in [0.15, 0.2) is 6.10 Å². The lowest BCUT2D eigenvalue weighted by Crippen LogP contribution is -2.37. The van der Waals surface area contributed by atoms with Gasteiger partial charge in [-0.15, -0.1) is 0 Å². The predicted octanol–water partition coefficient (Wildman–Crippen LogP) is 0.874. The van der Waals surface area contributed by atoms with Crippen molar-refractivity contribution in [3.8, 4) is 0 Å². The highest BCUT2D eigenvalue weighted by Gasteiger charge is 2.27. The second kappa shape index (κ2) is 7.76. The molecule has 0 radical (unpaired) electrons. The van der Waals surface area contributed by atoms with Gasteiger partial charge >= 0.3 is 5.97 Å². The molecule has 0 spiro atoms. The van der Waals surface area contributed by atoms with Crippen LogP contribution >= 0.6 is 0 Å². The molecule has 0 bridgehead atoms. The van der Waals surface area contributed by atoms with Crippen molar-refractivity contribution in [2.45, 2.75) is 50.2 Å². The zero-order valence-corrected chi connectivity index (χ0v) is 14.6. The van der Waals surface area contributed by atoms with Crippen LogP contribution in [0.5, 0.6) is 0 Å². The number of carbonyl (C=O) groups is 2. The lowest BCUT2D eigenvalue weighted by Gasteiger charge is -2.13. The second-order valence-electron chi connectivity index (χ2n) is 5.88. The van der Waals surface area contributed by atoms with Gasteiger partial charge in [0.25, 0.3) is 5.91 Å². The van der Waals surface area contributed by atoms with Crippen LogP contribution < -0.4 is 10.0 Å². The Morgan fingerprint density at radius 3 is 2.46 bits per heavy atom. The van der Waals surface area contributed by atoms with E-state index in [0.717, 1.165) is 18.4 Å². The zero-order chi connectivity index (χ0) is 17.7. The molecule has 1 saturated carbocycles. The van der Waals surface area contributed by atoms with Crippen molar-refractivity contribution >= 4 is 21.9 Å². The molecule has 2 N–H and O–H groups in total. The van der Waals surface area contributed by atoms with Crippen LogP contribution in [0.2, 0.25) is 0 Å². The summed E-state index contributed by atoms with van der Waals surface area (Å²) in [7, 11) is -3.66. The summed E-state index contributed by atoms with van der Waals surface area (Å²) < 4.78 is 31.4. The van der Waals surface area contributed by atoms with Gasteiger partial charge < -0.3 is 10.1 Å². The third-order valence-corrected chi connectivity index (χ3v) is 5.03. The molecule has 8 heteroatoms. The number of hydrogen-bond acceptors (Lipinski definition) is 5. The van der Waals surface area contributed by atoms with Gasteiger partial charge in [0.2, 0.25) is 10.0 Å². The molecule has 1 fully saturated rings. The summed E-state index contributed by atoms with van der Waals surface area (Å²) in [6.07, 6.45) is 0.874. The summed E-state index contributed by atoms with van der Waals surface area (Å²) in [6, 6.07) is 6.59. The Labute approximate surface area is 141 Å². The van der Waals surface area contributed by atoms with E-state index in [9.17, 15) is 18.0 Å². The van der Waals surface area contributed by atoms with Crippen LogP contribution in [-0.4, -0.2) is 39.0 Å². The predicted molar refractivity (Wildman–Crippen MR) is 87.7 cm³/mol. The van der Waals surface area contributed by atoms with Crippen LogP contribution in [0.4, 0.5) is 0 Å². The minimum atomic E-state index is -3.66. The largest absolute Gasteiger partial charge is 0.453 e. The number of sulfonamides is 1. The number of hydrogen-bond donors (Lipinski definition) is 2. The molecule has 24 heavy (non-hydrogen) atoms. The van der Waals surface area contributed by atoms with Gasteiger partial charge in [0.05, 0.1) is 11.3 Å². The fourth-order valence-corrected chi connectivity index (χ4v) is 2.98. The summed E-state index contributed by atoms with van der Waals surface area (Å²) in [4.78, 5) is 23.5. The van der Waals surface area contributed by atoms with Gasteiger partial charge in [-0.25, -0.2) is 13.1 Å². The van der Waals surface area contributed by atoms with Crippen LogP contribution in [0.25, 0.3) is 0 Å². The van der Waals surface area contributed by atoms with E-state index in [1.54, 1.807) is 12.1 Å². The average molecular weight is 354 g/mol. The molecular formula is C16H22N2O5S. The number of esters is 1. The Balaban J connectivity index is 1.75. The van der Waals surface area contributed by atoms with Crippen LogP contribution in [0.15, 0.2) is 29.2 Å². The number of ether oxygens (including phenoxy) is 1. The molecule has 132 valence electrons. The van der Waals surface area contributed by atoms with Crippen molar-refractivity contribution in [1.82, 2.24) is 10.0 Å². The Morgan fingerprint density at radius 1 is 1.25 bits per heavy atom. The topological polar surface area (TPSA) is 102 Å². The summed E-state index contributed by atoms with van der Waals surface area (Å²) in [5, 5.41) is 2.74. The van der Waals surface area contributed by atoms with E-state index in [2.05, 4.69) is 10.0 Å². The molecular weight excluding hydrogens is 332 g/mol. The summed E-state index contributed by atoms with van der Waals surface area (Å²) >= 11 is 0. The quantitative estimate of drug-likeness (QED) is 0.675. The normalized spacial score (nSPS) is 15.6. The SMILES string of the molecule is Cc1ccc(S(=O)(=O)NCCC(=O)O[C@H](C)C(=O)NC2CC2)cc1. The molecule has 1 aromatic carbocycles. The second-order valence-corrected chi connectivity index (χ2v) is 7.64. The van der Waals surface area contributed by atoms with Gasteiger partial charge in [-0.1, -0.05) is 17.7 Å². The molecule has 2 rings (SSSR count). The standard InChI is InChI=1S/C16H22N2O5S/c1-11-3-7-14(8-4-11)24(21,22)17-10-9-15(19)23-12(2)16(20)18-13-5-6-13/h3-4,7-8,12-13,17H,5-6,9-10H2,1-2H3,(H,18,20)/t12-/m1/s1. The van der Waals surface area contributed by atoms with E-state index in [-0.39, 0.29) is 29.8 Å². The Kier molecular flexibility index (Phi) is 5.95. The highest BCUT2D eigenvalue weighted by molar-refractivity contribution is 7.89. The van der Waals surface area contributed by atoms with Gasteiger partial charge in [-0.3, -0.25) is 9.59 Å². The van der Waals surface area contributed by atoms with Crippen molar-refractivity contribution in [1.29, 1.82) is 0 Å². The van der Waals surface area contributed by atoms with E-state index in [4.69, 9.17) is 4.74 Å². The lowest BCUT2D eigenvalue weighted by molar-refractivity contribution is -0.154. The van der Waals surface area contributed by atoms with Gasteiger partial charge in [0.1, 0.15) is 0 Å². The fraction of sp³-hybridized carbons (Fsp3) is 0.500. The number of aryl methyl sites for hydroxylation is 1. The third kappa shape index (κ3) is 5.61. The maximum atomic E-state index is 12.1. The number of benzene rings is 1. The van der Waals surface area contributed by atoms with Crippen molar-refractivity contribution in [2.75, 3.05) is 6.54 Å². The third-order valence-electron chi connectivity index (χ3n) is 3.55. The first-order chi connectivity index (χ1) is 11.3. The molecule has 1 aromatic rings. The molecule has 1 aliphatic rings. The Bertz CT molecular complexity index is 696. The van der Waals surface area contributed by atoms with Crippen LogP contribution in [-0.2, 0) is 24.3 Å². The summed E-state index contributed by atoms with van der Waals surface area (Å²) in [6.45, 7) is 3.26. The fourth-order valence-electron chi connectivity index (χ4n) is 1.94. The van der Waals surface area contributed by atoms with E-state index in [1.165, 1.54) is 19.1 Å². The Morgan fingerprint density at radius 2 is 1.88 bits per heavy atom. The first kappa shape index (κ1) is 18.4. The maximum Gasteiger partial charge on any atom is 0.307 e. The molecule has 0 saturated heterocycles. The smallest absolute Gasteiger partial charge is 0.307 e. The first-order valence-electron chi connectivity index (χ1n) is 7.84. The lowest BCUT2D eigenvalue weighted by atomic mass is 10.2. The van der Waals surface area contributed by atoms with Gasteiger partial charge in [0, 0.05) is 12.6 Å². The van der Waals surface area contributed by atoms with Crippen molar-refractivity contribution in [3.05, 3.63) is 29.8 Å². The zero-order valence-electron chi connectivity index (χ0n) is 13.7. The molecule has 1 amide bonds. The van der Waals surface area contributed by atoms with E-state index < -0.39 is 22.1 Å². The number of carbonyl (C=O) groups excluding carboxylic acids is 2. The summed E-state index contributed by atoms with van der Waals surface area (Å²) in [5.41, 5.74) is 0.955. The van der Waals surface area contributed by atoms with Gasteiger partial charge in [-0.2, -0.15) is 0 Å². The summed E-state index contributed by atoms with van der Waals surface area (Å²) in [5.74, 6) is -0.953. The molecule has 7 nitrogen and oxygen atoms in total. The van der Waals surface area contributed by atoms with Crippen molar-refractivity contribution in [3.63, 3.8) is 0 Å². The monoisotopic (exact) mass is 354 g/mol. The minimum Gasteiger partial charge on any atom is -0.453 e. The van der Waals surface area contributed by atoms with E-state index in [1.807, 2.05) is 6.92 Å². The average Bonchev–Trinajstić information content (AvgIpc) is 3.31. The Hall–Kier alpha value is -1.93. The van der Waals surface area contributed by atoms with Crippen molar-refractivity contribution in [2.24, 2.45) is 0 Å². The van der Waals surface area contributed by atoms with E-state index in [0.29, 0.717) is 0 Å². The highest BCUT2D eigenvalue weighted by atomic mass is 32.2. The molecule has 1 atom stereocenters. The number of amides is 1. The van der Waals surface area contributed by atoms with Crippen LogP contribution in [0.1, 0.15) is 31.7 Å². The van der Waals surface area contributed by atoms with Gasteiger partial charge in [-0.05, 0) is 38.8 Å². The minimum absolute atomic E-state index is 0.0913. The van der Waals surface area contributed by atoms with E-state index >= 15 is 0 Å². The van der Waals surface area contributed by atoms with Crippen LogP contribution in [0, 0.1) is 6.92 Å². The highest BCUT2D eigenvalue weighted by Crippen LogP contribution is 2.18. The molecule has 0 unspecified atom stereocenters.